The van der Waals surface area contributed by atoms with Crippen molar-refractivity contribution in [3.8, 4) is 0 Å². The van der Waals surface area contributed by atoms with Gasteiger partial charge in [-0.25, -0.2) is 0 Å². The van der Waals surface area contributed by atoms with E-state index in [0.29, 0.717) is 0 Å². The predicted molar refractivity (Wildman–Crippen MR) is 23.8 cm³/mol. The summed E-state index contributed by atoms with van der Waals surface area (Å²) in [5.74, 6) is 1.47. The summed E-state index contributed by atoms with van der Waals surface area (Å²) in [5, 5.41) is 0. The molecule has 0 N–H and O–H groups in total. The smallest absolute Gasteiger partial charge is 0.211 e. The number of ether oxygens (including phenoxy) is 2. The van der Waals surface area contributed by atoms with E-state index in [2.05, 4.69) is 9.47 Å². The first-order chi connectivity index (χ1) is 3.00. The molecule has 0 aliphatic carbocycles. The minimum atomic E-state index is 0.736. The van der Waals surface area contributed by atoms with Gasteiger partial charge in [0.2, 0.25) is 6.79 Å². The van der Waals surface area contributed by atoms with E-state index >= 15 is 0 Å². The second kappa shape index (κ2) is 2.44. The zero-order valence-electron chi connectivity index (χ0n) is 3.22. The Morgan fingerprint density at radius 2 is 2.00 bits per heavy atom. The quantitative estimate of drug-likeness (QED) is 0.454. The number of rotatable bonds is 0. The number of hydrogen-bond donors (Lipinski definition) is 0. The van der Waals surface area contributed by atoms with Crippen LogP contribution in [0.25, 0.3) is 0 Å². The number of thioether (sulfide) groups is 1. The zero-order valence-corrected chi connectivity index (χ0v) is 4.03. The molecule has 1 aliphatic rings. The van der Waals surface area contributed by atoms with E-state index in [0.717, 1.165) is 11.9 Å². The van der Waals surface area contributed by atoms with Gasteiger partial charge >= 0.3 is 0 Å². The first-order valence-electron chi connectivity index (χ1n) is 1.63. The lowest BCUT2D eigenvalue weighted by atomic mass is 11.3. The summed E-state index contributed by atoms with van der Waals surface area (Å²) in [4.78, 5) is 0. The van der Waals surface area contributed by atoms with Gasteiger partial charge in [0.25, 0.3) is 0 Å². The fourth-order valence-electron chi connectivity index (χ4n) is 0.234. The summed E-state index contributed by atoms with van der Waals surface area (Å²) in [7, 11) is 0. The lowest BCUT2D eigenvalue weighted by Crippen LogP contribution is -2.00. The molecular weight excluding hydrogens is 100 g/mol. The van der Waals surface area contributed by atoms with E-state index in [1.54, 1.807) is 11.8 Å². The fraction of sp³-hybridized carbons (Fsp3) is 0.667. The molecule has 1 fully saturated rings. The zero-order chi connectivity index (χ0) is 4.24. The van der Waals surface area contributed by atoms with Crippen LogP contribution >= 0.6 is 11.8 Å². The summed E-state index contributed by atoms with van der Waals surface area (Å²) in [5.41, 5.74) is 0. The predicted octanol–water partition coefficient (Wildman–Crippen LogP) is 0.801. The van der Waals surface area contributed by atoms with Crippen molar-refractivity contribution in [2.24, 2.45) is 0 Å². The van der Waals surface area contributed by atoms with Gasteiger partial charge in [0.05, 0.1) is 11.9 Å². The lowest BCUT2D eigenvalue weighted by Gasteiger charge is -2.07. The molecule has 0 amide bonds. The van der Waals surface area contributed by atoms with E-state index in [-0.39, 0.29) is 0 Å². The average molecular weight is 105 g/mol. The molecule has 6 heavy (non-hydrogen) atoms. The van der Waals surface area contributed by atoms with E-state index in [1.807, 2.05) is 0 Å². The van der Waals surface area contributed by atoms with Gasteiger partial charge < -0.3 is 9.47 Å². The average Bonchev–Trinajstić information content (AvgIpc) is 1.72. The molecule has 1 aliphatic heterocycles. The molecule has 0 spiro atoms. The van der Waals surface area contributed by atoms with Gasteiger partial charge in [-0.15, -0.1) is 11.8 Å². The van der Waals surface area contributed by atoms with Crippen molar-refractivity contribution in [2.45, 2.75) is 0 Å². The standard InChI is InChI=1S/C3H5O2S/c1-4-2-6-3-5-1/h1H,2-3H2. The molecular formula is C3H5O2S. The fourth-order valence-corrected chi connectivity index (χ4v) is 0.606. The Morgan fingerprint density at radius 1 is 1.33 bits per heavy atom. The maximum absolute atomic E-state index is 4.69. The monoisotopic (exact) mass is 105 g/mol. The van der Waals surface area contributed by atoms with Gasteiger partial charge in [-0.3, -0.25) is 0 Å². The third-order valence-corrected chi connectivity index (χ3v) is 1.04. The van der Waals surface area contributed by atoms with Crippen LogP contribution in [-0.2, 0) is 9.47 Å². The van der Waals surface area contributed by atoms with Crippen molar-refractivity contribution in [3.63, 3.8) is 0 Å². The van der Waals surface area contributed by atoms with Crippen LogP contribution in [0.5, 0.6) is 0 Å². The molecule has 0 saturated carbocycles. The normalized spacial score (nSPS) is 24.0. The van der Waals surface area contributed by atoms with Gasteiger partial charge in [-0.05, 0) is 0 Å². The van der Waals surface area contributed by atoms with Crippen LogP contribution < -0.4 is 0 Å². The lowest BCUT2D eigenvalue weighted by molar-refractivity contribution is 0.0496. The highest BCUT2D eigenvalue weighted by Gasteiger charge is 1.95. The molecule has 2 nitrogen and oxygen atoms in total. The molecule has 3 heteroatoms. The second-order valence-electron chi connectivity index (χ2n) is 0.869. The minimum Gasteiger partial charge on any atom is -0.337 e. The van der Waals surface area contributed by atoms with Crippen molar-refractivity contribution >= 4 is 11.8 Å². The SMILES string of the molecule is [CH]1OCSCO1. The van der Waals surface area contributed by atoms with Gasteiger partial charge in [-0.2, -0.15) is 0 Å². The molecule has 0 atom stereocenters. The van der Waals surface area contributed by atoms with E-state index in [4.69, 9.17) is 0 Å². The maximum atomic E-state index is 4.69. The van der Waals surface area contributed by atoms with Crippen LogP contribution in [0.4, 0.5) is 0 Å². The van der Waals surface area contributed by atoms with Crippen molar-refractivity contribution in [1.82, 2.24) is 0 Å². The second-order valence-corrected chi connectivity index (χ2v) is 1.75. The van der Waals surface area contributed by atoms with Crippen molar-refractivity contribution in [2.75, 3.05) is 11.9 Å². The van der Waals surface area contributed by atoms with Crippen LogP contribution in [0.1, 0.15) is 0 Å². The highest BCUT2D eigenvalue weighted by molar-refractivity contribution is 7.99. The highest BCUT2D eigenvalue weighted by atomic mass is 32.2. The van der Waals surface area contributed by atoms with Crippen LogP contribution in [0.3, 0.4) is 0 Å². The van der Waals surface area contributed by atoms with E-state index < -0.39 is 0 Å². The molecule has 0 bridgehead atoms. The van der Waals surface area contributed by atoms with Gasteiger partial charge in [0.1, 0.15) is 0 Å². The van der Waals surface area contributed by atoms with E-state index in [9.17, 15) is 0 Å². The maximum Gasteiger partial charge on any atom is 0.211 e. The Hall–Kier alpha value is 0.270. The molecule has 1 heterocycles. The van der Waals surface area contributed by atoms with Gasteiger partial charge in [0, 0.05) is 0 Å². The van der Waals surface area contributed by atoms with Crippen LogP contribution in [-0.4, -0.2) is 11.9 Å². The van der Waals surface area contributed by atoms with Crippen molar-refractivity contribution < 1.29 is 9.47 Å². The first-order valence-corrected chi connectivity index (χ1v) is 2.78. The molecule has 0 aromatic heterocycles. The van der Waals surface area contributed by atoms with Gasteiger partial charge in [0.15, 0.2) is 0 Å². The first kappa shape index (κ1) is 4.43. The molecule has 1 saturated heterocycles. The number of hydrogen-bond acceptors (Lipinski definition) is 3. The Morgan fingerprint density at radius 3 is 2.17 bits per heavy atom. The summed E-state index contributed by atoms with van der Waals surface area (Å²) in [6.45, 7) is 1.37. The van der Waals surface area contributed by atoms with Crippen LogP contribution in [0.2, 0.25) is 0 Å². The molecule has 0 aromatic rings. The summed E-state index contributed by atoms with van der Waals surface area (Å²) >= 11 is 1.62. The minimum absolute atomic E-state index is 0.736. The summed E-state index contributed by atoms with van der Waals surface area (Å²) in [6, 6.07) is 0. The molecule has 1 radical (unpaired) electrons. The van der Waals surface area contributed by atoms with Crippen LogP contribution in [0.15, 0.2) is 0 Å². The Kier molecular flexibility index (Phi) is 1.80. The van der Waals surface area contributed by atoms with Crippen molar-refractivity contribution in [3.05, 3.63) is 6.79 Å². The Labute approximate surface area is 40.8 Å². The molecule has 0 aromatic carbocycles. The molecule has 1 rings (SSSR count). The van der Waals surface area contributed by atoms with E-state index in [1.165, 1.54) is 6.79 Å². The van der Waals surface area contributed by atoms with Gasteiger partial charge in [-0.1, -0.05) is 0 Å². The Bertz CT molecular complexity index is 24.3. The molecule has 0 unspecified atom stereocenters. The van der Waals surface area contributed by atoms with Crippen molar-refractivity contribution in [1.29, 1.82) is 0 Å². The third kappa shape index (κ3) is 1.16. The summed E-state index contributed by atoms with van der Waals surface area (Å²) < 4.78 is 9.37. The third-order valence-electron chi connectivity index (χ3n) is 0.439. The Balaban J connectivity index is 2.00. The largest absolute Gasteiger partial charge is 0.337 e. The van der Waals surface area contributed by atoms with Crippen LogP contribution in [0, 0.1) is 6.79 Å². The summed E-state index contributed by atoms with van der Waals surface area (Å²) in [6.07, 6.45) is 0. The molecule has 35 valence electrons. The topological polar surface area (TPSA) is 18.5 Å². The highest BCUT2D eigenvalue weighted by Crippen LogP contribution is 2.08.